The molecule has 0 saturated carbocycles. The number of aromatic nitrogens is 3. The Morgan fingerprint density at radius 2 is 2.00 bits per heavy atom. The van der Waals surface area contributed by atoms with Crippen molar-refractivity contribution in [1.29, 1.82) is 0 Å². The van der Waals surface area contributed by atoms with Gasteiger partial charge in [-0.15, -0.1) is 5.10 Å². The Balaban J connectivity index is 1.79. The van der Waals surface area contributed by atoms with E-state index in [1.165, 1.54) is 11.1 Å². The smallest absolute Gasteiger partial charge is 0.0964 e. The first-order valence-electron chi connectivity index (χ1n) is 6.04. The fraction of sp³-hybridized carbons (Fsp3) is 0.385. The fourth-order valence-corrected chi connectivity index (χ4v) is 1.67. The van der Waals surface area contributed by atoms with Crippen LogP contribution in [0.25, 0.3) is 0 Å². The van der Waals surface area contributed by atoms with E-state index < -0.39 is 0 Å². The van der Waals surface area contributed by atoms with Crippen molar-refractivity contribution < 1.29 is 5.11 Å². The first kappa shape index (κ1) is 12.7. The largest absolute Gasteiger partial charge is 0.394 e. The molecule has 0 radical (unpaired) electrons. The molecule has 2 N–H and O–H groups in total. The molecule has 0 aliphatic rings. The van der Waals surface area contributed by atoms with Crippen LogP contribution in [-0.2, 0) is 19.6 Å². The van der Waals surface area contributed by atoms with Crippen LogP contribution in [-0.4, -0.2) is 26.7 Å². The second kappa shape index (κ2) is 6.28. The number of aryl methyl sites for hydroxylation is 1. The third-order valence-corrected chi connectivity index (χ3v) is 2.67. The number of aliphatic hydroxyl groups excluding tert-OH is 1. The Morgan fingerprint density at radius 1 is 1.22 bits per heavy atom. The van der Waals surface area contributed by atoms with Gasteiger partial charge < -0.3 is 10.4 Å². The summed E-state index contributed by atoms with van der Waals surface area (Å²) in [5.41, 5.74) is 3.41. The van der Waals surface area contributed by atoms with Gasteiger partial charge in [0, 0.05) is 19.3 Å². The summed E-state index contributed by atoms with van der Waals surface area (Å²) in [5.74, 6) is 0. The van der Waals surface area contributed by atoms with Crippen LogP contribution in [0.5, 0.6) is 0 Å². The Morgan fingerprint density at radius 3 is 2.72 bits per heavy atom. The highest BCUT2D eigenvalue weighted by Crippen LogP contribution is 2.03. The molecule has 0 aliphatic carbocycles. The Hall–Kier alpha value is -1.72. The Kier molecular flexibility index (Phi) is 4.44. The van der Waals surface area contributed by atoms with Crippen molar-refractivity contribution in [1.82, 2.24) is 20.3 Å². The molecule has 2 rings (SSSR count). The summed E-state index contributed by atoms with van der Waals surface area (Å²) in [5, 5.41) is 20.0. The lowest BCUT2D eigenvalue weighted by molar-refractivity contribution is 0.268. The van der Waals surface area contributed by atoms with Gasteiger partial charge in [0.2, 0.25) is 0 Å². The molecular weight excluding hydrogens is 228 g/mol. The molecule has 0 amide bonds. The summed E-state index contributed by atoms with van der Waals surface area (Å²) >= 11 is 0. The normalized spacial score (nSPS) is 10.8. The number of rotatable bonds is 6. The van der Waals surface area contributed by atoms with E-state index in [-0.39, 0.29) is 6.61 Å². The van der Waals surface area contributed by atoms with Gasteiger partial charge in [0.05, 0.1) is 18.8 Å². The lowest BCUT2D eigenvalue weighted by atomic mass is 10.1. The van der Waals surface area contributed by atoms with E-state index >= 15 is 0 Å². The minimum Gasteiger partial charge on any atom is -0.394 e. The topological polar surface area (TPSA) is 63.0 Å². The van der Waals surface area contributed by atoms with Gasteiger partial charge >= 0.3 is 0 Å². The minimum absolute atomic E-state index is 0.0829. The maximum absolute atomic E-state index is 8.77. The Bertz CT molecular complexity index is 478. The summed E-state index contributed by atoms with van der Waals surface area (Å²) < 4.78 is 1.64. The molecule has 96 valence electrons. The van der Waals surface area contributed by atoms with Crippen LogP contribution in [0.1, 0.15) is 16.8 Å². The van der Waals surface area contributed by atoms with E-state index in [4.69, 9.17) is 5.11 Å². The lowest BCUT2D eigenvalue weighted by Gasteiger charge is -2.03. The van der Waals surface area contributed by atoms with E-state index in [2.05, 4.69) is 46.8 Å². The molecule has 5 heteroatoms. The predicted molar refractivity (Wildman–Crippen MR) is 68.8 cm³/mol. The summed E-state index contributed by atoms with van der Waals surface area (Å²) in [6, 6.07) is 8.44. The van der Waals surface area contributed by atoms with Gasteiger partial charge in [-0.05, 0) is 12.5 Å². The lowest BCUT2D eigenvalue weighted by Crippen LogP contribution is -2.12. The molecule has 0 atom stereocenters. The van der Waals surface area contributed by atoms with Crippen LogP contribution in [0, 0.1) is 6.92 Å². The maximum Gasteiger partial charge on any atom is 0.0964 e. The van der Waals surface area contributed by atoms with Crippen molar-refractivity contribution in [3.63, 3.8) is 0 Å². The molecule has 0 unspecified atom stereocenters. The zero-order valence-electron chi connectivity index (χ0n) is 10.5. The summed E-state index contributed by atoms with van der Waals surface area (Å²) in [6.07, 6.45) is 1.85. The van der Waals surface area contributed by atoms with Crippen LogP contribution in [0.2, 0.25) is 0 Å². The standard InChI is InChI=1S/C13H18N4O/c1-11-2-4-12(5-3-11)8-14-9-13-10-17(6-7-18)16-15-13/h2-5,10,14,18H,6-9H2,1H3. The van der Waals surface area contributed by atoms with E-state index in [0.29, 0.717) is 13.1 Å². The third-order valence-electron chi connectivity index (χ3n) is 2.67. The quantitative estimate of drug-likeness (QED) is 0.794. The van der Waals surface area contributed by atoms with Crippen LogP contribution < -0.4 is 5.32 Å². The molecule has 0 fully saturated rings. The zero-order valence-corrected chi connectivity index (χ0v) is 10.5. The van der Waals surface area contributed by atoms with Crippen molar-refractivity contribution in [2.45, 2.75) is 26.6 Å². The molecular formula is C13H18N4O. The van der Waals surface area contributed by atoms with Crippen LogP contribution in [0.4, 0.5) is 0 Å². The summed E-state index contributed by atoms with van der Waals surface area (Å²) in [7, 11) is 0. The van der Waals surface area contributed by atoms with Gasteiger partial charge in [0.25, 0.3) is 0 Å². The zero-order chi connectivity index (χ0) is 12.8. The highest BCUT2D eigenvalue weighted by molar-refractivity contribution is 5.21. The van der Waals surface area contributed by atoms with Gasteiger partial charge in [0.15, 0.2) is 0 Å². The third kappa shape index (κ3) is 3.65. The molecule has 5 nitrogen and oxygen atoms in total. The minimum atomic E-state index is 0.0829. The first-order chi connectivity index (χ1) is 8.78. The number of aliphatic hydroxyl groups is 1. The van der Waals surface area contributed by atoms with Crippen LogP contribution in [0.3, 0.4) is 0 Å². The second-order valence-electron chi connectivity index (χ2n) is 4.29. The van der Waals surface area contributed by atoms with Gasteiger partial charge in [0.1, 0.15) is 0 Å². The highest BCUT2D eigenvalue weighted by Gasteiger charge is 2.00. The van der Waals surface area contributed by atoms with E-state index in [0.717, 1.165) is 12.2 Å². The van der Waals surface area contributed by atoms with Crippen molar-refractivity contribution in [2.24, 2.45) is 0 Å². The van der Waals surface area contributed by atoms with Crippen molar-refractivity contribution in [3.05, 3.63) is 47.3 Å². The maximum atomic E-state index is 8.77. The van der Waals surface area contributed by atoms with Crippen LogP contribution in [0.15, 0.2) is 30.5 Å². The average Bonchev–Trinajstić information content (AvgIpc) is 2.80. The number of hydrogen-bond acceptors (Lipinski definition) is 4. The van der Waals surface area contributed by atoms with Gasteiger partial charge in [-0.3, -0.25) is 0 Å². The van der Waals surface area contributed by atoms with Gasteiger partial charge in [-0.25, -0.2) is 4.68 Å². The van der Waals surface area contributed by atoms with E-state index in [1.54, 1.807) is 4.68 Å². The number of benzene rings is 1. The SMILES string of the molecule is Cc1ccc(CNCc2cn(CCO)nn2)cc1. The van der Waals surface area contributed by atoms with Crippen molar-refractivity contribution in [2.75, 3.05) is 6.61 Å². The monoisotopic (exact) mass is 246 g/mol. The molecule has 0 spiro atoms. The summed E-state index contributed by atoms with van der Waals surface area (Å²) in [6.45, 7) is 4.15. The number of hydrogen-bond donors (Lipinski definition) is 2. The number of nitrogens with one attached hydrogen (secondary N) is 1. The molecule has 0 saturated heterocycles. The Labute approximate surface area is 106 Å². The highest BCUT2D eigenvalue weighted by atomic mass is 16.3. The molecule has 0 bridgehead atoms. The molecule has 0 aliphatic heterocycles. The van der Waals surface area contributed by atoms with E-state index in [9.17, 15) is 0 Å². The van der Waals surface area contributed by atoms with Crippen molar-refractivity contribution >= 4 is 0 Å². The first-order valence-corrected chi connectivity index (χ1v) is 6.04. The molecule has 2 aromatic rings. The molecule has 18 heavy (non-hydrogen) atoms. The van der Waals surface area contributed by atoms with E-state index in [1.807, 2.05) is 6.20 Å². The molecule has 1 heterocycles. The van der Waals surface area contributed by atoms with Gasteiger partial charge in [-0.2, -0.15) is 0 Å². The average molecular weight is 246 g/mol. The molecule has 1 aromatic heterocycles. The summed E-state index contributed by atoms with van der Waals surface area (Å²) in [4.78, 5) is 0. The molecule has 1 aromatic carbocycles. The van der Waals surface area contributed by atoms with Crippen molar-refractivity contribution in [3.8, 4) is 0 Å². The predicted octanol–water partition coefficient (Wildman–Crippen LogP) is 0.869. The van der Waals surface area contributed by atoms with Crippen LogP contribution >= 0.6 is 0 Å². The second-order valence-corrected chi connectivity index (χ2v) is 4.29. The fourth-order valence-electron chi connectivity index (χ4n) is 1.67. The number of nitrogens with zero attached hydrogens (tertiary/aromatic N) is 3. The van der Waals surface area contributed by atoms with Gasteiger partial charge in [-0.1, -0.05) is 35.0 Å².